The highest BCUT2D eigenvalue weighted by Gasteiger charge is 2.07. The van der Waals surface area contributed by atoms with Crippen LogP contribution in [0.15, 0.2) is 42.5 Å². The van der Waals surface area contributed by atoms with E-state index in [9.17, 15) is 4.79 Å². The fourth-order valence-corrected chi connectivity index (χ4v) is 3.01. The van der Waals surface area contributed by atoms with E-state index < -0.39 is 0 Å². The van der Waals surface area contributed by atoms with E-state index in [1.54, 1.807) is 44.2 Å². The largest absolute Gasteiger partial charge is 0.497 e. The van der Waals surface area contributed by atoms with Crippen molar-refractivity contribution in [2.45, 2.75) is 12.7 Å². The van der Waals surface area contributed by atoms with Crippen molar-refractivity contribution in [2.24, 2.45) is 0 Å². The van der Waals surface area contributed by atoms with E-state index in [1.807, 2.05) is 12.1 Å². The smallest absolute Gasteiger partial charge is 0.234 e. The van der Waals surface area contributed by atoms with Crippen LogP contribution in [0.3, 0.4) is 0 Å². The number of nitrogens with one attached hydrogen (secondary N) is 1. The Bertz CT molecular complexity index is 651. The minimum atomic E-state index is -0.0427. The highest BCUT2D eigenvalue weighted by atomic mass is 32.2. The van der Waals surface area contributed by atoms with Crippen LogP contribution in [-0.2, 0) is 10.5 Å². The Labute approximate surface area is 141 Å². The van der Waals surface area contributed by atoms with E-state index in [1.165, 1.54) is 11.1 Å². The Morgan fingerprint density at radius 1 is 1.09 bits per heavy atom. The molecule has 0 aliphatic heterocycles. The van der Waals surface area contributed by atoms with Gasteiger partial charge < -0.3 is 14.8 Å². The summed E-state index contributed by atoms with van der Waals surface area (Å²) in [6.45, 7) is 2.08. The first-order valence-corrected chi connectivity index (χ1v) is 8.43. The zero-order valence-corrected chi connectivity index (χ0v) is 14.4. The van der Waals surface area contributed by atoms with Crippen molar-refractivity contribution in [3.05, 3.63) is 53.6 Å². The number of ether oxygens (including phenoxy) is 2. The van der Waals surface area contributed by atoms with Gasteiger partial charge in [0.05, 0.1) is 20.0 Å². The Balaban J connectivity index is 1.88. The Kier molecular flexibility index (Phi) is 6.35. The van der Waals surface area contributed by atoms with Gasteiger partial charge in [-0.15, -0.1) is 11.8 Å². The maximum atomic E-state index is 12.1. The molecule has 0 fully saturated rings. The molecule has 0 saturated carbocycles. The summed E-state index contributed by atoms with van der Waals surface area (Å²) in [4.78, 5) is 12.1. The fraction of sp³-hybridized carbons (Fsp3) is 0.278. The minimum Gasteiger partial charge on any atom is -0.497 e. The number of methoxy groups -OCH3 is 2. The molecule has 2 aromatic rings. The van der Waals surface area contributed by atoms with E-state index in [0.717, 1.165) is 5.75 Å². The molecule has 0 aliphatic carbocycles. The van der Waals surface area contributed by atoms with Gasteiger partial charge in [-0.1, -0.05) is 24.3 Å². The number of amides is 1. The van der Waals surface area contributed by atoms with Crippen molar-refractivity contribution < 1.29 is 14.3 Å². The molecule has 1 amide bonds. The van der Waals surface area contributed by atoms with Gasteiger partial charge in [-0.05, 0) is 18.1 Å². The molecular formula is C18H21NO3S. The zero-order chi connectivity index (χ0) is 16.7. The molecule has 0 saturated heterocycles. The first kappa shape index (κ1) is 17.2. The lowest BCUT2D eigenvalue weighted by atomic mass is 10.1. The molecular weight excluding hydrogens is 310 g/mol. The van der Waals surface area contributed by atoms with Crippen LogP contribution in [0.1, 0.15) is 11.1 Å². The van der Waals surface area contributed by atoms with Crippen LogP contribution in [0.4, 0.5) is 5.69 Å². The van der Waals surface area contributed by atoms with Gasteiger partial charge in [-0.3, -0.25) is 4.79 Å². The van der Waals surface area contributed by atoms with Crippen molar-refractivity contribution in [1.29, 1.82) is 0 Å². The number of hydrogen-bond acceptors (Lipinski definition) is 4. The lowest BCUT2D eigenvalue weighted by molar-refractivity contribution is -0.113. The normalized spacial score (nSPS) is 10.2. The van der Waals surface area contributed by atoms with E-state index in [-0.39, 0.29) is 5.91 Å². The van der Waals surface area contributed by atoms with Gasteiger partial charge in [-0.2, -0.15) is 0 Å². The number of hydrogen-bond donors (Lipinski definition) is 1. The number of benzene rings is 2. The molecule has 4 nitrogen and oxygen atoms in total. The maximum Gasteiger partial charge on any atom is 0.234 e. The standard InChI is InChI=1S/C18H21NO3S/c1-13-6-4-5-7-14(13)11-23-12-18(20)19-15-8-16(21-2)10-17(9-15)22-3/h4-10H,11-12H2,1-3H3,(H,19,20). The topological polar surface area (TPSA) is 47.6 Å². The first-order valence-electron chi connectivity index (χ1n) is 7.27. The molecule has 0 radical (unpaired) electrons. The van der Waals surface area contributed by atoms with E-state index in [2.05, 4.69) is 24.4 Å². The number of anilines is 1. The molecule has 0 unspecified atom stereocenters. The second-order valence-corrected chi connectivity index (χ2v) is 6.05. The molecule has 2 aromatic carbocycles. The predicted octanol–water partition coefficient (Wildman–Crippen LogP) is 3.88. The Morgan fingerprint density at radius 2 is 1.74 bits per heavy atom. The lowest BCUT2D eigenvalue weighted by Crippen LogP contribution is -2.14. The summed E-state index contributed by atoms with van der Waals surface area (Å²) < 4.78 is 10.4. The third kappa shape index (κ3) is 5.21. The molecule has 0 aromatic heterocycles. The van der Waals surface area contributed by atoms with Gasteiger partial charge >= 0.3 is 0 Å². The van der Waals surface area contributed by atoms with Crippen LogP contribution >= 0.6 is 11.8 Å². The summed E-state index contributed by atoms with van der Waals surface area (Å²) in [7, 11) is 3.16. The van der Waals surface area contributed by atoms with Crippen LogP contribution in [0.5, 0.6) is 11.5 Å². The van der Waals surface area contributed by atoms with Crippen LogP contribution in [0.25, 0.3) is 0 Å². The highest BCUT2D eigenvalue weighted by Crippen LogP contribution is 2.26. The van der Waals surface area contributed by atoms with Gasteiger partial charge in [0.15, 0.2) is 0 Å². The SMILES string of the molecule is COc1cc(NC(=O)CSCc2ccccc2C)cc(OC)c1. The third-order valence-corrected chi connectivity index (χ3v) is 4.37. The summed E-state index contributed by atoms with van der Waals surface area (Å²) in [5.74, 6) is 2.47. The summed E-state index contributed by atoms with van der Waals surface area (Å²) in [6, 6.07) is 13.5. The van der Waals surface area contributed by atoms with Crippen LogP contribution in [0, 0.1) is 6.92 Å². The third-order valence-electron chi connectivity index (χ3n) is 3.39. The fourth-order valence-electron chi connectivity index (χ4n) is 2.10. The zero-order valence-electron chi connectivity index (χ0n) is 13.6. The molecule has 122 valence electrons. The van der Waals surface area contributed by atoms with Crippen LogP contribution < -0.4 is 14.8 Å². The number of rotatable bonds is 7. The molecule has 0 aliphatic rings. The number of thioether (sulfide) groups is 1. The maximum absolute atomic E-state index is 12.1. The summed E-state index contributed by atoms with van der Waals surface area (Å²) in [6.07, 6.45) is 0. The van der Waals surface area contributed by atoms with Crippen molar-refractivity contribution in [1.82, 2.24) is 0 Å². The van der Waals surface area contributed by atoms with E-state index in [0.29, 0.717) is 22.9 Å². The Morgan fingerprint density at radius 3 is 2.35 bits per heavy atom. The van der Waals surface area contributed by atoms with Crippen molar-refractivity contribution in [2.75, 3.05) is 25.3 Å². The second kappa shape index (κ2) is 8.48. The number of carbonyl (C=O) groups is 1. The number of carbonyl (C=O) groups excluding carboxylic acids is 1. The van der Waals surface area contributed by atoms with Crippen LogP contribution in [0.2, 0.25) is 0 Å². The Hall–Kier alpha value is -2.14. The van der Waals surface area contributed by atoms with Gasteiger partial charge in [0.1, 0.15) is 11.5 Å². The van der Waals surface area contributed by atoms with Crippen LogP contribution in [-0.4, -0.2) is 25.9 Å². The van der Waals surface area contributed by atoms with Gasteiger partial charge in [0.2, 0.25) is 5.91 Å². The molecule has 0 heterocycles. The molecule has 1 N–H and O–H groups in total. The molecule has 5 heteroatoms. The molecule has 0 spiro atoms. The number of aryl methyl sites for hydroxylation is 1. The summed E-state index contributed by atoms with van der Waals surface area (Å²) in [5.41, 5.74) is 3.17. The molecule has 23 heavy (non-hydrogen) atoms. The quantitative estimate of drug-likeness (QED) is 0.836. The van der Waals surface area contributed by atoms with Crippen molar-refractivity contribution in [3.63, 3.8) is 0 Å². The molecule has 2 rings (SSSR count). The second-order valence-electron chi connectivity index (χ2n) is 5.07. The average molecular weight is 331 g/mol. The molecule has 0 atom stereocenters. The summed E-state index contributed by atoms with van der Waals surface area (Å²) in [5, 5.41) is 2.87. The predicted molar refractivity (Wildman–Crippen MR) is 95.5 cm³/mol. The average Bonchev–Trinajstić information content (AvgIpc) is 2.56. The van der Waals surface area contributed by atoms with Crippen molar-refractivity contribution in [3.8, 4) is 11.5 Å². The van der Waals surface area contributed by atoms with Crippen molar-refractivity contribution >= 4 is 23.4 Å². The first-order chi connectivity index (χ1) is 11.1. The van der Waals surface area contributed by atoms with E-state index in [4.69, 9.17) is 9.47 Å². The van der Waals surface area contributed by atoms with Gasteiger partial charge in [-0.25, -0.2) is 0 Å². The lowest BCUT2D eigenvalue weighted by Gasteiger charge is -2.10. The summed E-state index contributed by atoms with van der Waals surface area (Å²) >= 11 is 1.59. The molecule has 0 bridgehead atoms. The van der Waals surface area contributed by atoms with Gasteiger partial charge in [0.25, 0.3) is 0 Å². The minimum absolute atomic E-state index is 0.0427. The van der Waals surface area contributed by atoms with Gasteiger partial charge in [0, 0.05) is 29.6 Å². The van der Waals surface area contributed by atoms with E-state index >= 15 is 0 Å². The monoisotopic (exact) mass is 331 g/mol. The highest BCUT2D eigenvalue weighted by molar-refractivity contribution is 7.99.